The lowest BCUT2D eigenvalue weighted by atomic mass is 9.95. The van der Waals surface area contributed by atoms with E-state index in [9.17, 15) is 4.79 Å². The zero-order valence-electron chi connectivity index (χ0n) is 13.6. The molecule has 0 aliphatic rings. The van der Waals surface area contributed by atoms with Crippen molar-refractivity contribution in [2.75, 3.05) is 5.32 Å². The Bertz CT molecular complexity index is 697. The number of pyridine rings is 1. The van der Waals surface area contributed by atoms with Gasteiger partial charge in [0, 0.05) is 12.1 Å². The molecule has 0 atom stereocenters. The number of aromatic nitrogens is 1. The zero-order chi connectivity index (χ0) is 16.7. The van der Waals surface area contributed by atoms with Gasteiger partial charge in [0.15, 0.2) is 12.4 Å². The summed E-state index contributed by atoms with van der Waals surface area (Å²) in [5.74, 6) is 0.425. The fourth-order valence-electron chi connectivity index (χ4n) is 2.65. The van der Waals surface area contributed by atoms with E-state index in [0.717, 1.165) is 12.8 Å². The summed E-state index contributed by atoms with van der Waals surface area (Å²) < 4.78 is 1.84. The summed E-state index contributed by atoms with van der Waals surface area (Å²) in [6, 6.07) is 13.2. The van der Waals surface area contributed by atoms with Crippen LogP contribution >= 0.6 is 0 Å². The topological polar surface area (TPSA) is 56.8 Å². The van der Waals surface area contributed by atoms with Gasteiger partial charge in [0.25, 0.3) is 5.91 Å². The van der Waals surface area contributed by atoms with E-state index in [1.807, 2.05) is 17.0 Å². The van der Waals surface area contributed by atoms with Crippen LogP contribution in [0.15, 0.2) is 48.8 Å². The number of amides is 1. The summed E-state index contributed by atoms with van der Waals surface area (Å²) in [5.41, 5.74) is 2.32. The van der Waals surface area contributed by atoms with E-state index in [-0.39, 0.29) is 12.5 Å². The summed E-state index contributed by atoms with van der Waals surface area (Å²) in [6.07, 6.45) is 6.10. The van der Waals surface area contributed by atoms with Gasteiger partial charge in [0.2, 0.25) is 6.54 Å². The van der Waals surface area contributed by atoms with Crippen LogP contribution in [0, 0.1) is 11.3 Å². The molecule has 1 aromatic heterocycles. The quantitative estimate of drug-likeness (QED) is 0.832. The van der Waals surface area contributed by atoms with Crippen LogP contribution in [0.2, 0.25) is 0 Å². The first-order valence-electron chi connectivity index (χ1n) is 7.95. The average Bonchev–Trinajstić information content (AvgIpc) is 2.58. The predicted octanol–water partition coefficient (Wildman–Crippen LogP) is 3.39. The molecular weight excluding hydrogens is 286 g/mol. The average molecular weight is 308 g/mol. The van der Waals surface area contributed by atoms with Gasteiger partial charge >= 0.3 is 0 Å². The van der Waals surface area contributed by atoms with Crippen molar-refractivity contribution in [2.24, 2.45) is 0 Å². The van der Waals surface area contributed by atoms with E-state index < -0.39 is 0 Å². The smallest absolute Gasteiger partial charge is 0.290 e. The van der Waals surface area contributed by atoms with Crippen molar-refractivity contribution in [3.8, 4) is 6.07 Å². The molecule has 0 aliphatic carbocycles. The first-order chi connectivity index (χ1) is 11.2. The molecule has 0 saturated carbocycles. The highest BCUT2D eigenvalue weighted by atomic mass is 16.1. The number of nitrogens with one attached hydrogen (secondary N) is 1. The highest BCUT2D eigenvalue weighted by Gasteiger charge is 2.13. The molecule has 0 fully saturated rings. The Kier molecular flexibility index (Phi) is 5.87. The Morgan fingerprint density at radius 2 is 1.83 bits per heavy atom. The van der Waals surface area contributed by atoms with Crippen molar-refractivity contribution in [3.05, 3.63) is 59.9 Å². The normalized spacial score (nSPS) is 10.3. The molecule has 1 heterocycles. The second-order valence-electron chi connectivity index (χ2n) is 5.52. The third kappa shape index (κ3) is 4.40. The SMILES string of the molecule is CCC(CC)c1cc[n+](CC(=O)Nc2ccccc2C#N)cc1. The van der Waals surface area contributed by atoms with Gasteiger partial charge in [-0.15, -0.1) is 0 Å². The number of para-hydroxylation sites is 1. The maximum absolute atomic E-state index is 12.1. The fourth-order valence-corrected chi connectivity index (χ4v) is 2.65. The molecule has 4 nitrogen and oxygen atoms in total. The first kappa shape index (κ1) is 16.7. The van der Waals surface area contributed by atoms with E-state index >= 15 is 0 Å². The fraction of sp³-hybridized carbons (Fsp3) is 0.316. The maximum Gasteiger partial charge on any atom is 0.290 e. The molecular formula is C19H22N3O+. The Morgan fingerprint density at radius 1 is 1.17 bits per heavy atom. The molecule has 0 spiro atoms. The van der Waals surface area contributed by atoms with E-state index in [4.69, 9.17) is 5.26 Å². The Hall–Kier alpha value is -2.67. The third-order valence-corrected chi connectivity index (χ3v) is 4.02. The van der Waals surface area contributed by atoms with Gasteiger partial charge in [-0.05, 0) is 36.5 Å². The van der Waals surface area contributed by atoms with Crippen LogP contribution in [0.5, 0.6) is 0 Å². The highest BCUT2D eigenvalue weighted by Crippen LogP contribution is 2.21. The molecule has 1 N–H and O–H groups in total. The molecule has 23 heavy (non-hydrogen) atoms. The van der Waals surface area contributed by atoms with Crippen LogP contribution in [0.3, 0.4) is 0 Å². The zero-order valence-corrected chi connectivity index (χ0v) is 13.6. The van der Waals surface area contributed by atoms with E-state index in [1.165, 1.54) is 5.56 Å². The van der Waals surface area contributed by atoms with Gasteiger partial charge in [-0.1, -0.05) is 26.0 Å². The largest absolute Gasteiger partial charge is 0.319 e. The number of carbonyl (C=O) groups excluding carboxylic acids is 1. The summed E-state index contributed by atoms with van der Waals surface area (Å²) >= 11 is 0. The van der Waals surface area contributed by atoms with Crippen molar-refractivity contribution in [1.29, 1.82) is 5.26 Å². The van der Waals surface area contributed by atoms with E-state index in [1.54, 1.807) is 24.3 Å². The van der Waals surface area contributed by atoms with Gasteiger partial charge in [0.05, 0.1) is 11.3 Å². The lowest BCUT2D eigenvalue weighted by Crippen LogP contribution is -2.39. The number of anilines is 1. The second kappa shape index (κ2) is 8.09. The second-order valence-corrected chi connectivity index (χ2v) is 5.52. The van der Waals surface area contributed by atoms with Gasteiger partial charge in [-0.2, -0.15) is 9.83 Å². The van der Waals surface area contributed by atoms with Crippen LogP contribution in [-0.4, -0.2) is 5.91 Å². The monoisotopic (exact) mass is 308 g/mol. The van der Waals surface area contributed by atoms with Gasteiger partial charge in [-0.3, -0.25) is 4.79 Å². The third-order valence-electron chi connectivity index (χ3n) is 4.02. The molecule has 0 bridgehead atoms. The first-order valence-corrected chi connectivity index (χ1v) is 7.95. The van der Waals surface area contributed by atoms with E-state index in [0.29, 0.717) is 17.2 Å². The lowest BCUT2D eigenvalue weighted by molar-refractivity contribution is -0.684. The van der Waals surface area contributed by atoms with E-state index in [2.05, 4.69) is 37.4 Å². The molecule has 1 amide bonds. The highest BCUT2D eigenvalue weighted by molar-refractivity contribution is 5.91. The molecule has 0 saturated heterocycles. The molecule has 4 heteroatoms. The van der Waals surface area contributed by atoms with Gasteiger partial charge in [-0.25, -0.2) is 0 Å². The molecule has 2 aromatic rings. The number of nitrogens with zero attached hydrogens (tertiary/aromatic N) is 2. The molecule has 2 rings (SSSR count). The Labute approximate surface area is 137 Å². The summed E-state index contributed by atoms with van der Waals surface area (Å²) in [7, 11) is 0. The van der Waals surface area contributed by atoms with Crippen LogP contribution in [0.4, 0.5) is 5.69 Å². The van der Waals surface area contributed by atoms with Crippen molar-refractivity contribution >= 4 is 11.6 Å². The summed E-state index contributed by atoms with van der Waals surface area (Å²) in [4.78, 5) is 12.1. The van der Waals surface area contributed by atoms with Crippen LogP contribution in [-0.2, 0) is 11.3 Å². The van der Waals surface area contributed by atoms with Crippen LogP contribution in [0.25, 0.3) is 0 Å². The maximum atomic E-state index is 12.1. The van der Waals surface area contributed by atoms with Crippen molar-refractivity contribution in [1.82, 2.24) is 0 Å². The molecule has 118 valence electrons. The minimum atomic E-state index is -0.145. The van der Waals surface area contributed by atoms with Gasteiger partial charge < -0.3 is 5.32 Å². The molecule has 1 aromatic carbocycles. The van der Waals surface area contributed by atoms with Crippen LogP contribution in [0.1, 0.15) is 43.7 Å². The van der Waals surface area contributed by atoms with Gasteiger partial charge in [0.1, 0.15) is 6.07 Å². The number of hydrogen-bond acceptors (Lipinski definition) is 2. The number of rotatable bonds is 6. The number of hydrogen-bond donors (Lipinski definition) is 1. The number of nitriles is 1. The summed E-state index contributed by atoms with van der Waals surface area (Å²) in [6.45, 7) is 4.60. The Balaban J connectivity index is 2.02. The van der Waals surface area contributed by atoms with Crippen molar-refractivity contribution in [3.63, 3.8) is 0 Å². The van der Waals surface area contributed by atoms with Crippen molar-refractivity contribution in [2.45, 2.75) is 39.2 Å². The molecule has 0 unspecified atom stereocenters. The number of carbonyl (C=O) groups is 1. The Morgan fingerprint density at radius 3 is 2.43 bits per heavy atom. The predicted molar refractivity (Wildman–Crippen MR) is 89.7 cm³/mol. The minimum absolute atomic E-state index is 0.145. The van der Waals surface area contributed by atoms with Crippen LogP contribution < -0.4 is 9.88 Å². The number of benzene rings is 1. The molecule has 0 radical (unpaired) electrons. The summed E-state index contributed by atoms with van der Waals surface area (Å²) in [5, 5.41) is 11.8. The lowest BCUT2D eigenvalue weighted by Gasteiger charge is -2.11. The standard InChI is InChI=1S/C19H21N3O/c1-3-15(4-2)16-9-11-22(12-10-16)14-19(23)21-18-8-6-5-7-17(18)13-20/h5-12,15H,3-4,14H2,1-2H3/p+1. The molecule has 0 aliphatic heterocycles. The van der Waals surface area contributed by atoms with Crippen molar-refractivity contribution < 1.29 is 9.36 Å². The minimum Gasteiger partial charge on any atom is -0.319 e.